The number of carbonyl (C=O) groups excluding carboxylic acids is 1. The smallest absolute Gasteiger partial charge is 0.411 e. The molecule has 2 aromatic rings. The van der Waals surface area contributed by atoms with Crippen molar-refractivity contribution in [3.05, 3.63) is 59.1 Å². The summed E-state index contributed by atoms with van der Waals surface area (Å²) in [6.07, 6.45) is -0.514. The summed E-state index contributed by atoms with van der Waals surface area (Å²) in [4.78, 5) is 11.5. The van der Waals surface area contributed by atoms with Crippen LogP contribution in [0.1, 0.15) is 5.56 Å². The maximum Gasteiger partial charge on any atom is 0.411 e. The average Bonchev–Trinajstić information content (AvgIpc) is 2.41. The maximum atomic E-state index is 11.5. The van der Waals surface area contributed by atoms with Crippen molar-refractivity contribution in [1.82, 2.24) is 0 Å². The molecule has 0 heterocycles. The number of rotatable bonds is 3. The van der Waals surface area contributed by atoms with Crippen LogP contribution in [-0.4, -0.2) is 6.09 Å². The summed E-state index contributed by atoms with van der Waals surface area (Å²) in [5.41, 5.74) is 7.70. The fourth-order valence-electron chi connectivity index (χ4n) is 1.45. The third-order valence-corrected chi connectivity index (χ3v) is 2.69. The van der Waals surface area contributed by atoms with Crippen LogP contribution in [0.25, 0.3) is 0 Å². The predicted octanol–water partition coefficient (Wildman–Crippen LogP) is 3.67. The van der Waals surface area contributed by atoms with Gasteiger partial charge >= 0.3 is 6.09 Å². The van der Waals surface area contributed by atoms with Crippen LogP contribution in [0.15, 0.2) is 48.5 Å². The number of anilines is 2. The van der Waals surface area contributed by atoms with Crippen molar-refractivity contribution in [3.63, 3.8) is 0 Å². The quantitative estimate of drug-likeness (QED) is 0.841. The van der Waals surface area contributed by atoms with Crippen LogP contribution in [0.3, 0.4) is 0 Å². The van der Waals surface area contributed by atoms with Gasteiger partial charge in [-0.1, -0.05) is 23.7 Å². The Morgan fingerprint density at radius 2 is 1.74 bits per heavy atom. The second-order valence-electron chi connectivity index (χ2n) is 3.95. The molecule has 0 saturated carbocycles. The molecule has 0 atom stereocenters. The Balaban J connectivity index is 1.84. The summed E-state index contributed by atoms with van der Waals surface area (Å²) in [5, 5.41) is 3.26. The van der Waals surface area contributed by atoms with E-state index in [0.717, 1.165) is 5.56 Å². The molecule has 5 heteroatoms. The standard InChI is InChI=1S/C14H13ClN2O2/c15-11-3-1-10(2-4-11)9-19-14(18)17-13-7-5-12(16)6-8-13/h1-8H,9,16H2,(H,17,18). The lowest BCUT2D eigenvalue weighted by molar-refractivity contribution is 0.155. The lowest BCUT2D eigenvalue weighted by atomic mass is 10.2. The molecule has 0 spiro atoms. The summed E-state index contributed by atoms with van der Waals surface area (Å²) in [7, 11) is 0. The molecule has 98 valence electrons. The molecule has 2 aromatic carbocycles. The number of hydrogen-bond donors (Lipinski definition) is 2. The van der Waals surface area contributed by atoms with Crippen LogP contribution >= 0.6 is 11.6 Å². The molecule has 0 radical (unpaired) electrons. The largest absolute Gasteiger partial charge is 0.444 e. The van der Waals surface area contributed by atoms with Gasteiger partial charge < -0.3 is 10.5 Å². The van der Waals surface area contributed by atoms with E-state index in [2.05, 4.69) is 5.32 Å². The first-order valence-corrected chi connectivity index (χ1v) is 6.05. The molecular formula is C14H13ClN2O2. The Hall–Kier alpha value is -2.20. The van der Waals surface area contributed by atoms with Gasteiger partial charge in [-0.25, -0.2) is 4.79 Å². The molecule has 0 aliphatic heterocycles. The molecule has 0 aliphatic rings. The molecule has 3 N–H and O–H groups in total. The van der Waals surface area contributed by atoms with Crippen LogP contribution in [0, 0.1) is 0 Å². The number of hydrogen-bond acceptors (Lipinski definition) is 3. The summed E-state index contributed by atoms with van der Waals surface area (Å²) in [6.45, 7) is 0.192. The predicted molar refractivity (Wildman–Crippen MR) is 76.1 cm³/mol. The van der Waals surface area contributed by atoms with E-state index in [4.69, 9.17) is 22.1 Å². The number of benzene rings is 2. The lowest BCUT2D eigenvalue weighted by Gasteiger charge is -2.07. The van der Waals surface area contributed by atoms with E-state index in [-0.39, 0.29) is 6.61 Å². The summed E-state index contributed by atoms with van der Waals surface area (Å²) < 4.78 is 5.08. The molecule has 4 nitrogen and oxygen atoms in total. The van der Waals surface area contributed by atoms with E-state index in [0.29, 0.717) is 16.4 Å². The second kappa shape index (κ2) is 6.11. The molecule has 2 rings (SSSR count). The third-order valence-electron chi connectivity index (χ3n) is 2.44. The fraction of sp³-hybridized carbons (Fsp3) is 0.0714. The van der Waals surface area contributed by atoms with Crippen LogP contribution in [0.4, 0.5) is 16.2 Å². The van der Waals surface area contributed by atoms with Crippen molar-refractivity contribution in [2.75, 3.05) is 11.1 Å². The van der Waals surface area contributed by atoms with Crippen molar-refractivity contribution in [2.24, 2.45) is 0 Å². The van der Waals surface area contributed by atoms with Crippen molar-refractivity contribution >= 4 is 29.1 Å². The zero-order valence-electron chi connectivity index (χ0n) is 10.1. The Morgan fingerprint density at radius 3 is 2.37 bits per heavy atom. The van der Waals surface area contributed by atoms with E-state index in [1.54, 1.807) is 48.5 Å². The lowest BCUT2D eigenvalue weighted by Crippen LogP contribution is -2.13. The number of nitrogens with one attached hydrogen (secondary N) is 1. The monoisotopic (exact) mass is 276 g/mol. The minimum Gasteiger partial charge on any atom is -0.444 e. The minimum absolute atomic E-state index is 0.192. The van der Waals surface area contributed by atoms with Gasteiger partial charge in [-0.2, -0.15) is 0 Å². The molecule has 1 amide bonds. The number of nitrogens with two attached hydrogens (primary N) is 1. The fourth-order valence-corrected chi connectivity index (χ4v) is 1.58. The third kappa shape index (κ3) is 4.19. The summed E-state index contributed by atoms with van der Waals surface area (Å²) in [6, 6.07) is 13.9. The van der Waals surface area contributed by atoms with Gasteiger partial charge in [-0.15, -0.1) is 0 Å². The summed E-state index contributed by atoms with van der Waals surface area (Å²) >= 11 is 5.76. The van der Waals surface area contributed by atoms with E-state index in [9.17, 15) is 4.79 Å². The van der Waals surface area contributed by atoms with Gasteiger partial charge in [-0.05, 0) is 42.0 Å². The number of nitrogen functional groups attached to an aromatic ring is 1. The molecule has 0 saturated heterocycles. The average molecular weight is 277 g/mol. The first-order chi connectivity index (χ1) is 9.13. The van der Waals surface area contributed by atoms with Crippen LogP contribution in [-0.2, 0) is 11.3 Å². The van der Waals surface area contributed by atoms with Gasteiger partial charge in [0.25, 0.3) is 0 Å². The SMILES string of the molecule is Nc1ccc(NC(=O)OCc2ccc(Cl)cc2)cc1. The first-order valence-electron chi connectivity index (χ1n) is 5.67. The molecule has 0 unspecified atom stereocenters. The zero-order chi connectivity index (χ0) is 13.7. The van der Waals surface area contributed by atoms with Crippen LogP contribution in [0.5, 0.6) is 0 Å². The normalized spacial score (nSPS) is 9.95. The Bertz CT molecular complexity index is 553. The molecular weight excluding hydrogens is 264 g/mol. The van der Waals surface area contributed by atoms with E-state index in [1.807, 2.05) is 0 Å². The molecule has 19 heavy (non-hydrogen) atoms. The number of amides is 1. The van der Waals surface area contributed by atoms with Gasteiger partial charge in [0.15, 0.2) is 0 Å². The molecule has 0 aromatic heterocycles. The minimum atomic E-state index is -0.514. The highest BCUT2D eigenvalue weighted by molar-refractivity contribution is 6.30. The van der Waals surface area contributed by atoms with E-state index in [1.165, 1.54) is 0 Å². The van der Waals surface area contributed by atoms with E-state index < -0.39 is 6.09 Å². The van der Waals surface area contributed by atoms with Gasteiger partial charge in [-0.3, -0.25) is 5.32 Å². The van der Waals surface area contributed by atoms with Gasteiger partial charge in [0.05, 0.1) is 0 Å². The highest BCUT2D eigenvalue weighted by Gasteiger charge is 2.03. The van der Waals surface area contributed by atoms with Gasteiger partial charge in [0.1, 0.15) is 6.61 Å². The molecule has 0 aliphatic carbocycles. The Kier molecular flexibility index (Phi) is 4.26. The Labute approximate surface area is 116 Å². The van der Waals surface area contributed by atoms with Crippen LogP contribution in [0.2, 0.25) is 5.02 Å². The van der Waals surface area contributed by atoms with Crippen molar-refractivity contribution in [1.29, 1.82) is 0 Å². The number of carbonyl (C=O) groups is 1. The van der Waals surface area contributed by atoms with Crippen molar-refractivity contribution in [3.8, 4) is 0 Å². The Morgan fingerprint density at radius 1 is 1.11 bits per heavy atom. The van der Waals surface area contributed by atoms with Gasteiger partial charge in [0.2, 0.25) is 0 Å². The van der Waals surface area contributed by atoms with Gasteiger partial charge in [0, 0.05) is 16.4 Å². The highest BCUT2D eigenvalue weighted by atomic mass is 35.5. The molecule has 0 bridgehead atoms. The second-order valence-corrected chi connectivity index (χ2v) is 4.39. The zero-order valence-corrected chi connectivity index (χ0v) is 10.9. The topological polar surface area (TPSA) is 64.3 Å². The van der Waals surface area contributed by atoms with Crippen molar-refractivity contribution in [2.45, 2.75) is 6.61 Å². The summed E-state index contributed by atoms with van der Waals surface area (Å²) in [5.74, 6) is 0. The van der Waals surface area contributed by atoms with E-state index >= 15 is 0 Å². The molecule has 0 fully saturated rings. The van der Waals surface area contributed by atoms with Crippen LogP contribution < -0.4 is 11.1 Å². The first kappa shape index (κ1) is 13.2. The number of ether oxygens (including phenoxy) is 1. The maximum absolute atomic E-state index is 11.5. The van der Waals surface area contributed by atoms with Crippen molar-refractivity contribution < 1.29 is 9.53 Å². The number of halogens is 1. The highest BCUT2D eigenvalue weighted by Crippen LogP contribution is 2.12.